The minimum atomic E-state index is -0.705. The van der Waals surface area contributed by atoms with Crippen molar-refractivity contribution in [3.8, 4) is 11.5 Å². The molecular weight excluding hydrogens is 404 g/mol. The molecule has 2 rings (SSSR count). The average Bonchev–Trinajstić information content (AvgIpc) is 2.36. The summed E-state index contributed by atoms with van der Waals surface area (Å²) in [5, 5.41) is 10.9. The van der Waals surface area contributed by atoms with E-state index in [0.717, 1.165) is 24.3 Å². The van der Waals surface area contributed by atoms with E-state index in [4.69, 9.17) is 4.74 Å². The predicted octanol–water partition coefficient (Wildman–Crippen LogP) is 5.19. The second kappa shape index (κ2) is 5.84. The SMILES string of the molecule is O=[N+]([O-])c1cc(Br)c(F)cc1Oc1ccc(F)cc1Br. The topological polar surface area (TPSA) is 52.4 Å². The van der Waals surface area contributed by atoms with Gasteiger partial charge in [-0.1, -0.05) is 0 Å². The summed E-state index contributed by atoms with van der Waals surface area (Å²) in [4.78, 5) is 10.2. The molecule has 8 heteroatoms. The molecule has 0 N–H and O–H groups in total. The van der Waals surface area contributed by atoms with Crippen molar-refractivity contribution in [1.29, 1.82) is 0 Å². The van der Waals surface area contributed by atoms with Crippen molar-refractivity contribution in [3.63, 3.8) is 0 Å². The summed E-state index contributed by atoms with van der Waals surface area (Å²) in [6.45, 7) is 0. The van der Waals surface area contributed by atoms with Crippen molar-refractivity contribution in [2.45, 2.75) is 0 Å². The molecule has 0 aliphatic heterocycles. The van der Waals surface area contributed by atoms with Gasteiger partial charge >= 0.3 is 5.69 Å². The van der Waals surface area contributed by atoms with Crippen LogP contribution in [-0.4, -0.2) is 4.92 Å². The maximum atomic E-state index is 13.5. The molecule has 0 bridgehead atoms. The van der Waals surface area contributed by atoms with Crippen LogP contribution in [0.2, 0.25) is 0 Å². The van der Waals surface area contributed by atoms with Crippen molar-refractivity contribution in [2.75, 3.05) is 0 Å². The molecule has 0 aromatic heterocycles. The highest BCUT2D eigenvalue weighted by atomic mass is 79.9. The Labute approximate surface area is 128 Å². The molecule has 0 fully saturated rings. The van der Waals surface area contributed by atoms with Gasteiger partial charge in [0.25, 0.3) is 0 Å². The molecular formula is C12H5Br2F2NO3. The second-order valence-electron chi connectivity index (χ2n) is 3.67. The third-order valence-corrected chi connectivity index (χ3v) is 3.54. The summed E-state index contributed by atoms with van der Waals surface area (Å²) in [7, 11) is 0. The third kappa shape index (κ3) is 3.13. The first kappa shape index (κ1) is 14.9. The first-order chi connectivity index (χ1) is 9.38. The monoisotopic (exact) mass is 407 g/mol. The zero-order chi connectivity index (χ0) is 14.9. The molecule has 0 aliphatic rings. The van der Waals surface area contributed by atoms with Gasteiger partial charge in [-0.05, 0) is 50.1 Å². The molecule has 2 aromatic carbocycles. The van der Waals surface area contributed by atoms with Crippen molar-refractivity contribution < 1.29 is 18.4 Å². The zero-order valence-electron chi connectivity index (χ0n) is 9.57. The third-order valence-electron chi connectivity index (χ3n) is 2.31. The van der Waals surface area contributed by atoms with E-state index in [2.05, 4.69) is 31.9 Å². The first-order valence-corrected chi connectivity index (χ1v) is 6.73. The number of halogens is 4. The van der Waals surface area contributed by atoms with Crippen LogP contribution in [0.1, 0.15) is 0 Å². The Hall–Kier alpha value is -1.54. The lowest BCUT2D eigenvalue weighted by atomic mass is 10.3. The van der Waals surface area contributed by atoms with Gasteiger partial charge in [-0.3, -0.25) is 10.1 Å². The minimum absolute atomic E-state index is 0.0466. The van der Waals surface area contributed by atoms with Gasteiger partial charge in [-0.15, -0.1) is 0 Å². The van der Waals surface area contributed by atoms with Crippen LogP contribution in [0.25, 0.3) is 0 Å². The molecule has 0 saturated heterocycles. The van der Waals surface area contributed by atoms with Crippen LogP contribution in [0.3, 0.4) is 0 Å². The predicted molar refractivity (Wildman–Crippen MR) is 74.9 cm³/mol. The highest BCUT2D eigenvalue weighted by Gasteiger charge is 2.20. The number of ether oxygens (including phenoxy) is 1. The number of rotatable bonds is 3. The van der Waals surface area contributed by atoms with E-state index in [0.29, 0.717) is 0 Å². The lowest BCUT2D eigenvalue weighted by Crippen LogP contribution is -1.96. The summed E-state index contributed by atoms with van der Waals surface area (Å²) >= 11 is 5.93. The van der Waals surface area contributed by atoms with Gasteiger partial charge in [0.05, 0.1) is 13.9 Å². The summed E-state index contributed by atoms with van der Waals surface area (Å²) in [6, 6.07) is 5.43. The molecule has 104 valence electrons. The van der Waals surface area contributed by atoms with Gasteiger partial charge in [0.1, 0.15) is 17.4 Å². The largest absolute Gasteiger partial charge is 0.449 e. The summed E-state index contributed by atoms with van der Waals surface area (Å²) in [5.41, 5.74) is -0.408. The molecule has 4 nitrogen and oxygen atoms in total. The van der Waals surface area contributed by atoms with Gasteiger partial charge in [0, 0.05) is 12.1 Å². The van der Waals surface area contributed by atoms with E-state index in [-0.39, 0.29) is 20.4 Å². The van der Waals surface area contributed by atoms with Crippen molar-refractivity contribution >= 4 is 37.5 Å². The van der Waals surface area contributed by atoms with Crippen molar-refractivity contribution in [3.05, 3.63) is 61.0 Å². The van der Waals surface area contributed by atoms with Gasteiger partial charge in [-0.2, -0.15) is 0 Å². The summed E-state index contributed by atoms with van der Waals surface area (Å²) in [5.74, 6) is -1.34. The van der Waals surface area contributed by atoms with Crippen LogP contribution in [0.5, 0.6) is 11.5 Å². The fraction of sp³-hybridized carbons (Fsp3) is 0. The molecule has 0 aliphatic carbocycles. The van der Waals surface area contributed by atoms with Crippen LogP contribution in [-0.2, 0) is 0 Å². The lowest BCUT2D eigenvalue weighted by molar-refractivity contribution is -0.385. The maximum absolute atomic E-state index is 13.5. The van der Waals surface area contributed by atoms with Crippen LogP contribution < -0.4 is 4.74 Å². The molecule has 0 saturated carbocycles. The highest BCUT2D eigenvalue weighted by molar-refractivity contribution is 9.10. The Bertz CT molecular complexity index is 695. The number of hydrogen-bond acceptors (Lipinski definition) is 3. The molecule has 0 atom stereocenters. The van der Waals surface area contributed by atoms with E-state index in [1.54, 1.807) is 0 Å². The van der Waals surface area contributed by atoms with Gasteiger partial charge in [0.15, 0.2) is 0 Å². The molecule has 0 heterocycles. The van der Waals surface area contributed by atoms with E-state index >= 15 is 0 Å². The molecule has 0 unspecified atom stereocenters. The van der Waals surface area contributed by atoms with E-state index < -0.39 is 22.2 Å². The Kier molecular flexibility index (Phi) is 4.34. The summed E-state index contributed by atoms with van der Waals surface area (Å²) in [6.07, 6.45) is 0. The highest BCUT2D eigenvalue weighted by Crippen LogP contribution is 2.37. The normalized spacial score (nSPS) is 10.4. The number of hydrogen-bond donors (Lipinski definition) is 0. The van der Waals surface area contributed by atoms with Gasteiger partial charge in [0.2, 0.25) is 5.75 Å². The van der Waals surface area contributed by atoms with Crippen LogP contribution in [0.4, 0.5) is 14.5 Å². The standard InChI is InChI=1S/C12H5Br2F2NO3/c13-7-4-10(17(18)19)12(5-9(7)16)20-11-2-1-6(15)3-8(11)14/h1-5H. The maximum Gasteiger partial charge on any atom is 0.312 e. The Balaban J connectivity index is 2.47. The number of benzene rings is 2. The zero-order valence-corrected chi connectivity index (χ0v) is 12.7. The van der Waals surface area contributed by atoms with E-state index in [9.17, 15) is 18.9 Å². The molecule has 0 spiro atoms. The minimum Gasteiger partial charge on any atom is -0.449 e. The number of nitrogens with zero attached hydrogens (tertiary/aromatic N) is 1. The van der Waals surface area contributed by atoms with Crippen molar-refractivity contribution in [2.24, 2.45) is 0 Å². The molecule has 20 heavy (non-hydrogen) atoms. The van der Waals surface area contributed by atoms with Crippen LogP contribution in [0, 0.1) is 21.7 Å². The van der Waals surface area contributed by atoms with Crippen LogP contribution >= 0.6 is 31.9 Å². The first-order valence-electron chi connectivity index (χ1n) is 5.15. The van der Waals surface area contributed by atoms with E-state index in [1.807, 2.05) is 0 Å². The fourth-order valence-corrected chi connectivity index (χ4v) is 2.18. The Morgan fingerprint density at radius 3 is 2.35 bits per heavy atom. The Morgan fingerprint density at radius 2 is 1.75 bits per heavy atom. The van der Waals surface area contributed by atoms with Gasteiger partial charge in [-0.25, -0.2) is 8.78 Å². The average molecular weight is 409 g/mol. The molecule has 0 radical (unpaired) electrons. The van der Waals surface area contributed by atoms with Crippen LogP contribution in [0.15, 0.2) is 39.3 Å². The number of nitro benzene ring substituents is 1. The molecule has 0 amide bonds. The van der Waals surface area contributed by atoms with Gasteiger partial charge < -0.3 is 4.74 Å². The quantitative estimate of drug-likeness (QED) is 0.518. The lowest BCUT2D eigenvalue weighted by Gasteiger charge is -2.09. The Morgan fingerprint density at radius 1 is 1.05 bits per heavy atom. The smallest absolute Gasteiger partial charge is 0.312 e. The fourth-order valence-electron chi connectivity index (χ4n) is 1.42. The second-order valence-corrected chi connectivity index (χ2v) is 5.38. The number of nitro groups is 1. The van der Waals surface area contributed by atoms with E-state index in [1.165, 1.54) is 6.07 Å². The van der Waals surface area contributed by atoms with Crippen molar-refractivity contribution in [1.82, 2.24) is 0 Å². The molecule has 2 aromatic rings. The summed E-state index contributed by atoms with van der Waals surface area (Å²) < 4.78 is 31.9.